The normalized spacial score (nSPS) is 11.1. The molecule has 0 amide bonds. The second-order valence-electron chi connectivity index (χ2n) is 5.39. The molecule has 0 aromatic heterocycles. The lowest BCUT2D eigenvalue weighted by atomic mass is 10.1. The van der Waals surface area contributed by atoms with Crippen LogP contribution in [0, 0.1) is 6.92 Å². The fourth-order valence-corrected chi connectivity index (χ4v) is 2.71. The van der Waals surface area contributed by atoms with Crippen molar-refractivity contribution in [2.24, 2.45) is 0 Å². The molecule has 0 bridgehead atoms. The Morgan fingerprint density at radius 3 is 2.67 bits per heavy atom. The standard InChI is InChI=1S/C16H27BrN2O2/c1-13-10-15(17)11-14(12-18-6-9-20-4)16(13)21-8-5-7-19(2)3/h10-11,18H,5-9,12H2,1-4H3. The van der Waals surface area contributed by atoms with E-state index in [1.165, 1.54) is 5.56 Å². The Kier molecular flexibility index (Phi) is 8.92. The van der Waals surface area contributed by atoms with Crippen LogP contribution < -0.4 is 10.1 Å². The van der Waals surface area contributed by atoms with Gasteiger partial charge in [0.25, 0.3) is 0 Å². The van der Waals surface area contributed by atoms with Crippen molar-refractivity contribution in [3.63, 3.8) is 0 Å². The van der Waals surface area contributed by atoms with Gasteiger partial charge in [-0.05, 0) is 45.1 Å². The molecule has 5 heteroatoms. The van der Waals surface area contributed by atoms with Gasteiger partial charge < -0.3 is 19.7 Å². The second-order valence-corrected chi connectivity index (χ2v) is 6.30. The van der Waals surface area contributed by atoms with Crippen LogP contribution in [0.2, 0.25) is 0 Å². The Morgan fingerprint density at radius 1 is 1.24 bits per heavy atom. The van der Waals surface area contributed by atoms with Crippen molar-refractivity contribution in [1.29, 1.82) is 0 Å². The Labute approximate surface area is 136 Å². The summed E-state index contributed by atoms with van der Waals surface area (Å²) in [5, 5.41) is 3.37. The molecule has 0 aliphatic rings. The molecule has 1 aromatic rings. The number of methoxy groups -OCH3 is 1. The van der Waals surface area contributed by atoms with Gasteiger partial charge in [-0.1, -0.05) is 15.9 Å². The van der Waals surface area contributed by atoms with Gasteiger partial charge in [-0.25, -0.2) is 0 Å². The Bertz CT molecular complexity index is 425. The van der Waals surface area contributed by atoms with Gasteiger partial charge in [-0.2, -0.15) is 0 Å². The van der Waals surface area contributed by atoms with Crippen LogP contribution in [0.15, 0.2) is 16.6 Å². The first-order chi connectivity index (χ1) is 10.0. The Morgan fingerprint density at radius 2 is 2.00 bits per heavy atom. The third-order valence-electron chi connectivity index (χ3n) is 3.11. The summed E-state index contributed by atoms with van der Waals surface area (Å²) >= 11 is 3.56. The molecule has 0 fully saturated rings. The molecule has 0 aliphatic carbocycles. The summed E-state index contributed by atoms with van der Waals surface area (Å²) in [7, 11) is 5.87. The number of ether oxygens (including phenoxy) is 2. The SMILES string of the molecule is COCCNCc1cc(Br)cc(C)c1OCCCN(C)C. The summed E-state index contributed by atoms with van der Waals surface area (Å²) in [5.41, 5.74) is 2.35. The average Bonchev–Trinajstić information content (AvgIpc) is 2.41. The molecule has 0 heterocycles. The van der Waals surface area contributed by atoms with Crippen LogP contribution >= 0.6 is 15.9 Å². The molecule has 1 rings (SSSR count). The van der Waals surface area contributed by atoms with Gasteiger partial charge in [0.15, 0.2) is 0 Å². The van der Waals surface area contributed by atoms with Crippen LogP contribution in [0.25, 0.3) is 0 Å². The average molecular weight is 359 g/mol. The fraction of sp³-hybridized carbons (Fsp3) is 0.625. The first kappa shape index (κ1) is 18.4. The predicted molar refractivity (Wildman–Crippen MR) is 91.1 cm³/mol. The summed E-state index contributed by atoms with van der Waals surface area (Å²) in [6.07, 6.45) is 1.03. The highest BCUT2D eigenvalue weighted by Gasteiger charge is 2.09. The minimum atomic E-state index is 0.714. The molecule has 0 spiro atoms. The van der Waals surface area contributed by atoms with Crippen LogP contribution in [-0.4, -0.2) is 52.4 Å². The van der Waals surface area contributed by atoms with Gasteiger partial charge in [0.1, 0.15) is 5.75 Å². The number of nitrogens with one attached hydrogen (secondary N) is 1. The van der Waals surface area contributed by atoms with E-state index in [0.29, 0.717) is 6.61 Å². The molecule has 1 aromatic carbocycles. The van der Waals surface area contributed by atoms with Gasteiger partial charge in [-0.3, -0.25) is 0 Å². The van der Waals surface area contributed by atoms with Crippen molar-refractivity contribution in [3.8, 4) is 5.75 Å². The first-order valence-electron chi connectivity index (χ1n) is 7.30. The summed E-state index contributed by atoms with van der Waals surface area (Å²) < 4.78 is 12.2. The summed E-state index contributed by atoms with van der Waals surface area (Å²) in [6.45, 7) is 6.20. The molecule has 1 N–H and O–H groups in total. The minimum Gasteiger partial charge on any atom is -0.493 e. The molecule has 0 radical (unpaired) electrons. The van der Waals surface area contributed by atoms with E-state index in [1.807, 2.05) is 0 Å². The maximum absolute atomic E-state index is 6.01. The lowest BCUT2D eigenvalue weighted by molar-refractivity contribution is 0.199. The van der Waals surface area contributed by atoms with Gasteiger partial charge >= 0.3 is 0 Å². The molecule has 0 atom stereocenters. The topological polar surface area (TPSA) is 33.7 Å². The van der Waals surface area contributed by atoms with Crippen molar-refractivity contribution in [3.05, 3.63) is 27.7 Å². The lowest BCUT2D eigenvalue weighted by Crippen LogP contribution is -2.20. The molecule has 0 saturated carbocycles. The van der Waals surface area contributed by atoms with Crippen molar-refractivity contribution in [2.75, 3.05) is 47.5 Å². The van der Waals surface area contributed by atoms with E-state index in [2.05, 4.69) is 59.3 Å². The maximum Gasteiger partial charge on any atom is 0.126 e. The van der Waals surface area contributed by atoms with Crippen LogP contribution in [-0.2, 0) is 11.3 Å². The van der Waals surface area contributed by atoms with Crippen LogP contribution in [0.1, 0.15) is 17.5 Å². The zero-order valence-electron chi connectivity index (χ0n) is 13.5. The van der Waals surface area contributed by atoms with E-state index in [-0.39, 0.29) is 0 Å². The van der Waals surface area contributed by atoms with Crippen LogP contribution in [0.4, 0.5) is 0 Å². The van der Waals surface area contributed by atoms with Crippen molar-refractivity contribution >= 4 is 15.9 Å². The van der Waals surface area contributed by atoms with Crippen molar-refractivity contribution in [1.82, 2.24) is 10.2 Å². The van der Waals surface area contributed by atoms with Gasteiger partial charge in [0.05, 0.1) is 13.2 Å². The number of hydrogen-bond acceptors (Lipinski definition) is 4. The zero-order valence-corrected chi connectivity index (χ0v) is 15.1. The summed E-state index contributed by atoms with van der Waals surface area (Å²) in [6, 6.07) is 4.22. The Balaban J connectivity index is 2.62. The quantitative estimate of drug-likeness (QED) is 0.652. The van der Waals surface area contributed by atoms with Gasteiger partial charge in [0, 0.05) is 36.8 Å². The number of aryl methyl sites for hydroxylation is 1. The lowest BCUT2D eigenvalue weighted by Gasteiger charge is -2.16. The number of benzene rings is 1. The second kappa shape index (κ2) is 10.2. The van der Waals surface area contributed by atoms with E-state index >= 15 is 0 Å². The number of nitrogens with zero attached hydrogens (tertiary/aromatic N) is 1. The molecule has 0 unspecified atom stereocenters. The molecular weight excluding hydrogens is 332 g/mol. The van der Waals surface area contributed by atoms with Crippen molar-refractivity contribution in [2.45, 2.75) is 19.9 Å². The van der Waals surface area contributed by atoms with E-state index in [4.69, 9.17) is 9.47 Å². The van der Waals surface area contributed by atoms with Crippen LogP contribution in [0.3, 0.4) is 0 Å². The predicted octanol–water partition coefficient (Wildman–Crippen LogP) is 2.82. The molecule has 21 heavy (non-hydrogen) atoms. The highest BCUT2D eigenvalue weighted by molar-refractivity contribution is 9.10. The summed E-state index contributed by atoms with van der Waals surface area (Å²) in [5.74, 6) is 1.00. The summed E-state index contributed by atoms with van der Waals surface area (Å²) in [4.78, 5) is 2.17. The molecule has 4 nitrogen and oxygen atoms in total. The maximum atomic E-state index is 6.01. The van der Waals surface area contributed by atoms with E-state index in [9.17, 15) is 0 Å². The minimum absolute atomic E-state index is 0.714. The highest BCUT2D eigenvalue weighted by Crippen LogP contribution is 2.28. The first-order valence-corrected chi connectivity index (χ1v) is 8.10. The molecular formula is C16H27BrN2O2. The Hall–Kier alpha value is -0.620. The van der Waals surface area contributed by atoms with Gasteiger partial charge in [0.2, 0.25) is 0 Å². The molecule has 120 valence electrons. The highest BCUT2D eigenvalue weighted by atomic mass is 79.9. The van der Waals surface area contributed by atoms with Gasteiger partial charge in [-0.15, -0.1) is 0 Å². The van der Waals surface area contributed by atoms with E-state index in [1.54, 1.807) is 7.11 Å². The van der Waals surface area contributed by atoms with E-state index in [0.717, 1.165) is 48.4 Å². The zero-order chi connectivity index (χ0) is 15.7. The van der Waals surface area contributed by atoms with Crippen LogP contribution in [0.5, 0.6) is 5.75 Å². The smallest absolute Gasteiger partial charge is 0.126 e. The molecule has 0 aliphatic heterocycles. The number of hydrogen-bond donors (Lipinski definition) is 1. The third-order valence-corrected chi connectivity index (χ3v) is 3.57. The monoisotopic (exact) mass is 358 g/mol. The third kappa shape index (κ3) is 7.27. The number of rotatable bonds is 10. The van der Waals surface area contributed by atoms with Crippen molar-refractivity contribution < 1.29 is 9.47 Å². The fourth-order valence-electron chi connectivity index (χ4n) is 2.09. The number of halogens is 1. The van der Waals surface area contributed by atoms with E-state index < -0.39 is 0 Å². The largest absolute Gasteiger partial charge is 0.493 e. The molecule has 0 saturated heterocycles.